The highest BCUT2D eigenvalue weighted by Crippen LogP contribution is 2.27. The van der Waals surface area contributed by atoms with Crippen molar-refractivity contribution in [3.05, 3.63) is 54.6 Å². The van der Waals surface area contributed by atoms with Gasteiger partial charge in [-0.3, -0.25) is 0 Å². The molecular formula is C15H11FN4O2. The zero-order chi connectivity index (χ0) is 15.5. The fraction of sp³-hybridized carbons (Fsp3) is 0. The van der Waals surface area contributed by atoms with Crippen molar-refractivity contribution in [3.8, 4) is 11.6 Å². The molecule has 1 aromatic heterocycles. The van der Waals surface area contributed by atoms with Gasteiger partial charge >= 0.3 is 6.03 Å². The third-order valence-electron chi connectivity index (χ3n) is 2.90. The summed E-state index contributed by atoms with van der Waals surface area (Å²) in [6, 6.07) is 10.1. The summed E-state index contributed by atoms with van der Waals surface area (Å²) in [7, 11) is 0. The maximum atomic E-state index is 13.2. The second kappa shape index (κ2) is 5.65. The fourth-order valence-electron chi connectivity index (χ4n) is 1.95. The summed E-state index contributed by atoms with van der Waals surface area (Å²) in [5.41, 5.74) is 6.04. The molecule has 0 fully saturated rings. The molecule has 110 valence electrons. The average Bonchev–Trinajstić information content (AvgIpc) is 2.48. The first-order chi connectivity index (χ1) is 10.6. The highest BCUT2D eigenvalue weighted by molar-refractivity contribution is 5.87. The van der Waals surface area contributed by atoms with E-state index in [2.05, 4.69) is 15.3 Å². The molecule has 0 radical (unpaired) electrons. The molecule has 2 aromatic carbocycles. The van der Waals surface area contributed by atoms with E-state index < -0.39 is 6.03 Å². The van der Waals surface area contributed by atoms with Gasteiger partial charge in [0, 0.05) is 11.8 Å². The number of urea groups is 1. The van der Waals surface area contributed by atoms with Crippen molar-refractivity contribution in [2.75, 3.05) is 5.32 Å². The fourth-order valence-corrected chi connectivity index (χ4v) is 1.95. The van der Waals surface area contributed by atoms with Crippen LogP contribution in [0.3, 0.4) is 0 Å². The van der Waals surface area contributed by atoms with Gasteiger partial charge in [0.25, 0.3) is 0 Å². The number of hydrogen-bond acceptors (Lipinski definition) is 4. The van der Waals surface area contributed by atoms with Gasteiger partial charge < -0.3 is 15.8 Å². The molecule has 3 N–H and O–H groups in total. The van der Waals surface area contributed by atoms with Crippen molar-refractivity contribution in [3.63, 3.8) is 0 Å². The largest absolute Gasteiger partial charge is 0.438 e. The first kappa shape index (κ1) is 13.7. The molecule has 0 unspecified atom stereocenters. The van der Waals surface area contributed by atoms with Gasteiger partial charge in [-0.15, -0.1) is 0 Å². The SMILES string of the molecule is NC(=O)Nc1ccc(Oc2ncnc3cc(F)ccc23)cc1. The summed E-state index contributed by atoms with van der Waals surface area (Å²) in [4.78, 5) is 18.8. The number of ether oxygens (including phenoxy) is 1. The standard InChI is InChI=1S/C15H11FN4O2/c16-9-1-6-12-13(7-9)18-8-19-14(12)22-11-4-2-10(3-5-11)20-15(17)21/h1-8H,(H3,17,20,21). The molecule has 3 aromatic rings. The van der Waals surface area contributed by atoms with Crippen LogP contribution in [0.15, 0.2) is 48.8 Å². The first-order valence-corrected chi connectivity index (χ1v) is 6.36. The minimum absolute atomic E-state index is 0.320. The second-order valence-corrected chi connectivity index (χ2v) is 4.46. The number of primary amides is 1. The van der Waals surface area contributed by atoms with Gasteiger partial charge in [-0.25, -0.2) is 19.2 Å². The van der Waals surface area contributed by atoms with E-state index in [0.29, 0.717) is 28.2 Å². The highest BCUT2D eigenvalue weighted by atomic mass is 19.1. The molecule has 0 atom stereocenters. The van der Waals surface area contributed by atoms with E-state index in [4.69, 9.17) is 10.5 Å². The van der Waals surface area contributed by atoms with Crippen molar-refractivity contribution in [2.45, 2.75) is 0 Å². The number of fused-ring (bicyclic) bond motifs is 1. The van der Waals surface area contributed by atoms with E-state index in [9.17, 15) is 9.18 Å². The quantitative estimate of drug-likeness (QED) is 0.777. The normalized spacial score (nSPS) is 10.4. The van der Waals surface area contributed by atoms with Crippen LogP contribution < -0.4 is 15.8 Å². The average molecular weight is 298 g/mol. The van der Waals surface area contributed by atoms with Crippen molar-refractivity contribution in [1.82, 2.24) is 9.97 Å². The molecular weight excluding hydrogens is 287 g/mol. The summed E-state index contributed by atoms with van der Waals surface area (Å²) in [6.45, 7) is 0. The molecule has 0 aliphatic rings. The Morgan fingerprint density at radius 3 is 2.64 bits per heavy atom. The summed E-state index contributed by atoms with van der Waals surface area (Å²) in [5, 5.41) is 3.05. The summed E-state index contributed by atoms with van der Waals surface area (Å²) in [5.74, 6) is 0.457. The molecule has 0 bridgehead atoms. The second-order valence-electron chi connectivity index (χ2n) is 4.46. The third kappa shape index (κ3) is 2.93. The van der Waals surface area contributed by atoms with Crippen LogP contribution in [0, 0.1) is 5.82 Å². The maximum Gasteiger partial charge on any atom is 0.316 e. The number of benzene rings is 2. The van der Waals surface area contributed by atoms with Crippen LogP contribution in [0.2, 0.25) is 0 Å². The summed E-state index contributed by atoms with van der Waals surface area (Å²) >= 11 is 0. The van der Waals surface area contributed by atoms with Gasteiger partial charge in [0.15, 0.2) is 0 Å². The van der Waals surface area contributed by atoms with Crippen LogP contribution in [0.25, 0.3) is 10.9 Å². The van der Waals surface area contributed by atoms with E-state index in [-0.39, 0.29) is 5.82 Å². The van der Waals surface area contributed by atoms with Crippen molar-refractivity contribution < 1.29 is 13.9 Å². The molecule has 1 heterocycles. The molecule has 0 aliphatic carbocycles. The molecule has 0 aliphatic heterocycles. The van der Waals surface area contributed by atoms with Gasteiger partial charge in [0.2, 0.25) is 5.88 Å². The molecule has 7 heteroatoms. The van der Waals surface area contributed by atoms with E-state index >= 15 is 0 Å². The Balaban J connectivity index is 1.88. The number of nitrogens with zero attached hydrogens (tertiary/aromatic N) is 2. The van der Waals surface area contributed by atoms with Crippen LogP contribution in [0.5, 0.6) is 11.6 Å². The minimum atomic E-state index is -0.641. The predicted molar refractivity (Wildman–Crippen MR) is 79.2 cm³/mol. The molecule has 0 saturated carbocycles. The smallest absolute Gasteiger partial charge is 0.316 e. The Morgan fingerprint density at radius 2 is 1.91 bits per heavy atom. The van der Waals surface area contributed by atoms with Crippen LogP contribution >= 0.6 is 0 Å². The number of amides is 2. The molecule has 0 saturated heterocycles. The lowest BCUT2D eigenvalue weighted by atomic mass is 10.2. The van der Waals surface area contributed by atoms with Gasteiger partial charge in [-0.2, -0.15) is 0 Å². The Morgan fingerprint density at radius 1 is 1.14 bits per heavy atom. The van der Waals surface area contributed by atoms with E-state index in [1.54, 1.807) is 30.3 Å². The lowest BCUT2D eigenvalue weighted by molar-refractivity contribution is 0.259. The number of nitrogens with one attached hydrogen (secondary N) is 1. The van der Waals surface area contributed by atoms with Gasteiger partial charge in [-0.05, 0) is 36.4 Å². The van der Waals surface area contributed by atoms with E-state index in [1.165, 1.54) is 18.5 Å². The number of carbonyl (C=O) groups excluding carboxylic acids is 1. The Kier molecular flexibility index (Phi) is 3.53. The van der Waals surface area contributed by atoms with E-state index in [1.807, 2.05) is 0 Å². The van der Waals surface area contributed by atoms with Crippen LogP contribution in [-0.4, -0.2) is 16.0 Å². The monoisotopic (exact) mass is 298 g/mol. The molecule has 22 heavy (non-hydrogen) atoms. The van der Waals surface area contributed by atoms with E-state index in [0.717, 1.165) is 0 Å². The molecule has 2 amide bonds. The van der Waals surface area contributed by atoms with Crippen molar-refractivity contribution >= 4 is 22.6 Å². The predicted octanol–water partition coefficient (Wildman–Crippen LogP) is 3.05. The lowest BCUT2D eigenvalue weighted by Crippen LogP contribution is -2.19. The number of anilines is 1. The van der Waals surface area contributed by atoms with Crippen LogP contribution in [0.1, 0.15) is 0 Å². The van der Waals surface area contributed by atoms with Crippen LogP contribution in [0.4, 0.5) is 14.9 Å². The van der Waals surface area contributed by atoms with Crippen molar-refractivity contribution in [2.24, 2.45) is 5.73 Å². The van der Waals surface area contributed by atoms with Gasteiger partial charge in [0.05, 0.1) is 10.9 Å². The Bertz CT molecular complexity index is 837. The maximum absolute atomic E-state index is 13.2. The summed E-state index contributed by atoms with van der Waals surface area (Å²) < 4.78 is 18.9. The lowest BCUT2D eigenvalue weighted by Gasteiger charge is -2.08. The third-order valence-corrected chi connectivity index (χ3v) is 2.90. The number of carbonyl (C=O) groups is 1. The number of rotatable bonds is 3. The van der Waals surface area contributed by atoms with Crippen molar-refractivity contribution in [1.29, 1.82) is 0 Å². The number of halogens is 1. The Labute approximate surface area is 124 Å². The number of aromatic nitrogens is 2. The molecule has 3 rings (SSSR count). The molecule has 6 nitrogen and oxygen atoms in total. The minimum Gasteiger partial charge on any atom is -0.438 e. The number of hydrogen-bond donors (Lipinski definition) is 2. The zero-order valence-corrected chi connectivity index (χ0v) is 11.3. The van der Waals surface area contributed by atoms with Gasteiger partial charge in [-0.1, -0.05) is 0 Å². The molecule has 0 spiro atoms. The zero-order valence-electron chi connectivity index (χ0n) is 11.3. The van der Waals surface area contributed by atoms with Gasteiger partial charge in [0.1, 0.15) is 17.9 Å². The number of nitrogens with two attached hydrogens (primary N) is 1. The first-order valence-electron chi connectivity index (χ1n) is 6.36. The topological polar surface area (TPSA) is 90.1 Å². The Hall–Kier alpha value is -3.22. The summed E-state index contributed by atoms with van der Waals surface area (Å²) in [6.07, 6.45) is 1.31. The van der Waals surface area contributed by atoms with Crippen LogP contribution in [-0.2, 0) is 0 Å². The highest BCUT2D eigenvalue weighted by Gasteiger charge is 2.07.